The van der Waals surface area contributed by atoms with Crippen molar-refractivity contribution >= 4 is 0 Å². The van der Waals surface area contributed by atoms with Crippen LogP contribution < -0.4 is 0 Å². The van der Waals surface area contributed by atoms with Crippen LogP contribution in [0.5, 0.6) is 0 Å². The first-order valence-corrected chi connectivity index (χ1v) is 0. The largest absolute Gasteiger partial charge is 0 e. The predicted octanol–water partition coefficient (Wildman–Crippen LogP) is 0. The van der Waals surface area contributed by atoms with Gasteiger partial charge in [-0.05, 0) is 0 Å². The molecular formula is Tb5. The minimum absolute atomic E-state index is 0. The van der Waals surface area contributed by atoms with E-state index in [0.717, 1.165) is 0 Å². The second-order valence-corrected chi connectivity index (χ2v) is 0. The van der Waals surface area contributed by atoms with Gasteiger partial charge in [0, 0.05) is 193 Å². The van der Waals surface area contributed by atoms with Gasteiger partial charge in [-0.15, -0.1) is 0 Å². The van der Waals surface area contributed by atoms with Gasteiger partial charge in [-0.1, -0.05) is 0 Å². The molecule has 0 saturated carbocycles. The molecule has 0 fully saturated rings. The summed E-state index contributed by atoms with van der Waals surface area (Å²) in [5.74, 6) is 0. The molecule has 45 valence electrons. The van der Waals surface area contributed by atoms with Gasteiger partial charge in [-0.2, -0.15) is 0 Å². The molecule has 0 aromatic carbocycles. The van der Waals surface area contributed by atoms with Crippen LogP contribution in [-0.4, -0.2) is 0 Å². The standard InChI is InChI=1S/5Tb. The quantitative estimate of drug-likeness (QED) is 0.325. The summed E-state index contributed by atoms with van der Waals surface area (Å²) in [5.41, 5.74) is 0. The smallest absolute Gasteiger partial charge is 0 e. The van der Waals surface area contributed by atoms with Gasteiger partial charge in [-0.3, -0.25) is 0 Å². The van der Waals surface area contributed by atoms with Gasteiger partial charge in [0.15, 0.2) is 0 Å². The summed E-state index contributed by atoms with van der Waals surface area (Å²) in [6.45, 7) is 0. The van der Waals surface area contributed by atoms with Gasteiger partial charge in [0.25, 0.3) is 0 Å². The van der Waals surface area contributed by atoms with Crippen molar-refractivity contribution in [3.05, 3.63) is 0 Å². The van der Waals surface area contributed by atoms with Crippen molar-refractivity contribution in [3.8, 4) is 0 Å². The molecule has 0 aliphatic carbocycles. The van der Waals surface area contributed by atoms with Crippen LogP contribution in [-0.2, 0) is 0 Å². The Bertz CT molecular complexity index is 0. The van der Waals surface area contributed by atoms with Crippen LogP contribution >= 0.6 is 0 Å². The zero-order valence-electron chi connectivity index (χ0n) is 1.67. The fourth-order valence-corrected chi connectivity index (χ4v) is 0. The minimum Gasteiger partial charge on any atom is 0 e. The van der Waals surface area contributed by atoms with Crippen molar-refractivity contribution in [3.63, 3.8) is 0 Å². The molecule has 0 aromatic heterocycles. The van der Waals surface area contributed by atoms with E-state index in [-0.39, 0.29) is 193 Å². The van der Waals surface area contributed by atoms with Gasteiger partial charge >= 0.3 is 0 Å². The normalized spacial score (nSPS) is 0. The molecule has 0 unspecified atom stereocenters. The number of hydrogen-bond acceptors (Lipinski definition) is 0. The topological polar surface area (TPSA) is 0 Å². The molecule has 0 atom stereocenters. The Balaban J connectivity index is 0. The third kappa shape index (κ3) is 17.9. The van der Waals surface area contributed by atoms with Gasteiger partial charge in [0.1, 0.15) is 0 Å². The van der Waals surface area contributed by atoms with Crippen molar-refractivity contribution in [2.45, 2.75) is 0 Å². The van der Waals surface area contributed by atoms with E-state index >= 15 is 0 Å². The van der Waals surface area contributed by atoms with E-state index in [2.05, 4.69) is 0 Å². The molecule has 0 aliphatic heterocycles. The molecule has 0 rings (SSSR count). The number of rotatable bonds is 0. The first-order chi connectivity index (χ1) is 0. The Morgan fingerprint density at radius 3 is 0.200 bits per heavy atom. The maximum absolute atomic E-state index is 0. The van der Waals surface area contributed by atoms with Gasteiger partial charge < -0.3 is 0 Å². The second kappa shape index (κ2) is 22.4. The molecule has 0 amide bonds. The van der Waals surface area contributed by atoms with E-state index in [1.54, 1.807) is 0 Å². The van der Waals surface area contributed by atoms with Crippen LogP contribution in [0, 0.1) is 193 Å². The van der Waals surface area contributed by atoms with E-state index in [4.69, 9.17) is 0 Å². The summed E-state index contributed by atoms with van der Waals surface area (Å²) in [6.07, 6.45) is 0. The van der Waals surface area contributed by atoms with Crippen molar-refractivity contribution in [2.24, 2.45) is 0 Å². The molecule has 0 aromatic rings. The van der Waals surface area contributed by atoms with Gasteiger partial charge in [0.05, 0.1) is 0 Å². The Morgan fingerprint density at radius 2 is 0.200 bits per heavy atom. The van der Waals surface area contributed by atoms with Crippen LogP contribution in [0.1, 0.15) is 0 Å². The zero-order valence-corrected chi connectivity index (χ0v) is 12.4. The van der Waals surface area contributed by atoms with E-state index in [1.165, 1.54) is 0 Å². The van der Waals surface area contributed by atoms with Crippen LogP contribution in [0.25, 0.3) is 0 Å². The van der Waals surface area contributed by atoms with Gasteiger partial charge in [-0.25, -0.2) is 0 Å². The van der Waals surface area contributed by atoms with Crippen LogP contribution in [0.2, 0.25) is 0 Å². The van der Waals surface area contributed by atoms with E-state index < -0.39 is 0 Å². The van der Waals surface area contributed by atoms with Gasteiger partial charge in [0.2, 0.25) is 0 Å². The predicted molar refractivity (Wildman–Crippen MR) is 0 cm³/mol. The van der Waals surface area contributed by atoms with E-state index in [1.807, 2.05) is 0 Å². The molecule has 0 nitrogen and oxygen atoms in total. The Labute approximate surface area is 186 Å². The first kappa shape index (κ1) is 30.1. The third-order valence-corrected chi connectivity index (χ3v) is 0. The Hall–Kier alpha value is 6.43. The Kier molecular flexibility index (Phi) is 135. The average molecular weight is 795 g/mol. The summed E-state index contributed by atoms with van der Waals surface area (Å²) < 4.78 is 0. The summed E-state index contributed by atoms with van der Waals surface area (Å²) in [4.78, 5) is 0. The average Bonchev–Trinajstić information content (AvgIpc) is 0. The molecule has 0 aliphatic rings. The van der Waals surface area contributed by atoms with Crippen molar-refractivity contribution in [2.75, 3.05) is 0 Å². The fourth-order valence-electron chi connectivity index (χ4n) is 0. The SMILES string of the molecule is [Tb].[Tb].[Tb].[Tb].[Tb]. The second-order valence-electron chi connectivity index (χ2n) is 0. The number of hydrogen-bond donors (Lipinski definition) is 0. The Morgan fingerprint density at radius 1 is 0.200 bits per heavy atom. The fraction of sp³-hybridized carbons (Fsp3) is 0. The van der Waals surface area contributed by atoms with Crippen LogP contribution in [0.15, 0.2) is 0 Å². The molecule has 0 bridgehead atoms. The maximum Gasteiger partial charge on any atom is 0 e. The van der Waals surface area contributed by atoms with Crippen molar-refractivity contribution < 1.29 is 193 Å². The maximum atomic E-state index is 0. The van der Waals surface area contributed by atoms with E-state index in [0.29, 0.717) is 0 Å². The molecule has 0 N–H and O–H groups in total. The molecule has 5 heavy (non-hydrogen) atoms. The third-order valence-electron chi connectivity index (χ3n) is 0. The minimum atomic E-state index is 0. The summed E-state index contributed by atoms with van der Waals surface area (Å²) in [7, 11) is 0. The molecular weight excluding hydrogens is 795 g/mol. The van der Waals surface area contributed by atoms with Crippen LogP contribution in [0.4, 0.5) is 0 Å². The van der Waals surface area contributed by atoms with E-state index in [9.17, 15) is 0 Å². The van der Waals surface area contributed by atoms with Crippen molar-refractivity contribution in [1.29, 1.82) is 0 Å². The first-order valence-electron chi connectivity index (χ1n) is 0. The molecule has 0 saturated heterocycles. The van der Waals surface area contributed by atoms with Crippen molar-refractivity contribution in [1.82, 2.24) is 0 Å². The summed E-state index contributed by atoms with van der Waals surface area (Å²) in [5, 5.41) is 0. The summed E-state index contributed by atoms with van der Waals surface area (Å²) in [6, 6.07) is 0. The molecule has 5 radical (unpaired) electrons. The van der Waals surface area contributed by atoms with Crippen LogP contribution in [0.3, 0.4) is 0 Å². The summed E-state index contributed by atoms with van der Waals surface area (Å²) >= 11 is 0. The molecule has 0 heterocycles. The molecule has 5 heteroatoms. The zero-order chi connectivity index (χ0) is 0. The monoisotopic (exact) mass is 795 g/mol. The molecule has 0 spiro atoms.